The molecule has 0 bridgehead atoms. The van der Waals surface area contributed by atoms with Gasteiger partial charge in [-0.1, -0.05) is 24.3 Å². The lowest BCUT2D eigenvalue weighted by atomic mass is 10.1. The van der Waals surface area contributed by atoms with Crippen LogP contribution in [-0.2, 0) is 10.5 Å². The Morgan fingerprint density at radius 2 is 1.89 bits per heavy atom. The van der Waals surface area contributed by atoms with E-state index in [9.17, 15) is 14.4 Å². The van der Waals surface area contributed by atoms with Crippen molar-refractivity contribution in [1.82, 2.24) is 10.6 Å². The fraction of sp³-hybridized carbons (Fsp3) is 0.250. The van der Waals surface area contributed by atoms with Crippen LogP contribution in [0, 0.1) is 6.92 Å². The van der Waals surface area contributed by atoms with Crippen molar-refractivity contribution in [2.45, 2.75) is 12.7 Å². The molecule has 0 saturated carbocycles. The van der Waals surface area contributed by atoms with Gasteiger partial charge in [0.15, 0.2) is 0 Å². The third kappa shape index (κ3) is 4.89. The Kier molecular flexibility index (Phi) is 6.13. The van der Waals surface area contributed by atoms with Gasteiger partial charge in [-0.15, -0.1) is 0 Å². The first-order chi connectivity index (χ1) is 13.0. The summed E-state index contributed by atoms with van der Waals surface area (Å²) in [5, 5.41) is 5.12. The first-order valence-electron chi connectivity index (χ1n) is 8.66. The highest BCUT2D eigenvalue weighted by Gasteiger charge is 2.27. The lowest BCUT2D eigenvalue weighted by molar-refractivity contribution is -0.117. The van der Waals surface area contributed by atoms with Gasteiger partial charge in [-0.3, -0.25) is 19.8 Å². The average molecular weight is 383 g/mol. The van der Waals surface area contributed by atoms with E-state index in [1.165, 1.54) is 16.0 Å². The van der Waals surface area contributed by atoms with E-state index in [4.69, 9.17) is 0 Å². The summed E-state index contributed by atoms with van der Waals surface area (Å²) in [6.45, 7) is 2.69. The second-order valence-corrected chi connectivity index (χ2v) is 7.33. The molecule has 4 amide bonds. The Bertz CT molecular complexity index is 852. The smallest absolute Gasteiger partial charge is 0.329 e. The van der Waals surface area contributed by atoms with Crippen molar-refractivity contribution in [1.29, 1.82) is 0 Å². The Morgan fingerprint density at radius 1 is 1.15 bits per heavy atom. The van der Waals surface area contributed by atoms with Crippen molar-refractivity contribution in [2.75, 3.05) is 23.7 Å². The van der Waals surface area contributed by atoms with E-state index in [2.05, 4.69) is 29.7 Å². The number of thioether (sulfide) groups is 1. The SMILES string of the molecule is Cc1ccccc1CSCCNC(=O)c1ccc(N2CC(=O)NC2=O)cc1. The number of anilines is 1. The number of carbonyl (C=O) groups is 3. The molecule has 0 unspecified atom stereocenters. The summed E-state index contributed by atoms with van der Waals surface area (Å²) in [5.41, 5.74) is 3.70. The van der Waals surface area contributed by atoms with Crippen molar-refractivity contribution in [3.8, 4) is 0 Å². The van der Waals surface area contributed by atoms with Gasteiger partial charge in [-0.05, 0) is 42.3 Å². The standard InChI is InChI=1S/C20H21N3O3S/c1-14-4-2-3-5-16(14)13-27-11-10-21-19(25)15-6-8-17(9-7-15)23-12-18(24)22-20(23)26/h2-9H,10-13H2,1H3,(H,21,25)(H,22,24,26). The zero-order valence-corrected chi connectivity index (χ0v) is 15.8. The number of nitrogens with zero attached hydrogens (tertiary/aromatic N) is 1. The summed E-state index contributed by atoms with van der Waals surface area (Å²) in [7, 11) is 0. The van der Waals surface area contributed by atoms with Gasteiger partial charge >= 0.3 is 6.03 Å². The van der Waals surface area contributed by atoms with Crippen LogP contribution in [0.1, 0.15) is 21.5 Å². The van der Waals surface area contributed by atoms with E-state index in [0.29, 0.717) is 17.8 Å². The van der Waals surface area contributed by atoms with Crippen molar-refractivity contribution in [2.24, 2.45) is 0 Å². The third-order valence-electron chi connectivity index (χ3n) is 4.29. The molecule has 0 atom stereocenters. The van der Waals surface area contributed by atoms with E-state index < -0.39 is 6.03 Å². The number of nitrogens with one attached hydrogen (secondary N) is 2. The molecule has 7 heteroatoms. The normalized spacial score (nSPS) is 13.6. The third-order valence-corrected chi connectivity index (χ3v) is 5.29. The number of rotatable bonds is 7. The van der Waals surface area contributed by atoms with E-state index in [-0.39, 0.29) is 18.4 Å². The Morgan fingerprint density at radius 3 is 2.56 bits per heavy atom. The molecule has 0 aliphatic carbocycles. The van der Waals surface area contributed by atoms with Crippen LogP contribution in [0.15, 0.2) is 48.5 Å². The number of imide groups is 1. The number of benzene rings is 2. The summed E-state index contributed by atoms with van der Waals surface area (Å²) < 4.78 is 0. The number of amides is 4. The van der Waals surface area contributed by atoms with Crippen LogP contribution < -0.4 is 15.5 Å². The predicted molar refractivity (Wildman–Crippen MR) is 107 cm³/mol. The second kappa shape index (κ2) is 8.73. The molecule has 27 heavy (non-hydrogen) atoms. The molecule has 2 aromatic rings. The average Bonchev–Trinajstić information content (AvgIpc) is 3.01. The largest absolute Gasteiger partial charge is 0.351 e. The van der Waals surface area contributed by atoms with Crippen LogP contribution >= 0.6 is 11.8 Å². The lowest BCUT2D eigenvalue weighted by Gasteiger charge is -2.13. The Labute approximate surface area is 162 Å². The van der Waals surface area contributed by atoms with Gasteiger partial charge in [0.25, 0.3) is 5.91 Å². The quantitative estimate of drug-likeness (QED) is 0.569. The molecular weight excluding hydrogens is 362 g/mol. The molecule has 2 N–H and O–H groups in total. The molecule has 2 aromatic carbocycles. The van der Waals surface area contributed by atoms with Gasteiger partial charge in [-0.25, -0.2) is 4.79 Å². The number of hydrogen-bond donors (Lipinski definition) is 2. The highest BCUT2D eigenvalue weighted by Crippen LogP contribution is 2.18. The van der Waals surface area contributed by atoms with Gasteiger partial charge < -0.3 is 5.32 Å². The van der Waals surface area contributed by atoms with Crippen LogP contribution in [0.2, 0.25) is 0 Å². The number of hydrogen-bond acceptors (Lipinski definition) is 4. The van der Waals surface area contributed by atoms with E-state index in [0.717, 1.165) is 11.5 Å². The van der Waals surface area contributed by atoms with Crippen molar-refractivity contribution < 1.29 is 14.4 Å². The number of aryl methyl sites for hydroxylation is 1. The summed E-state index contributed by atoms with van der Waals surface area (Å²) >= 11 is 1.78. The van der Waals surface area contributed by atoms with Crippen molar-refractivity contribution >= 4 is 35.3 Å². The Balaban J connectivity index is 1.44. The molecule has 1 heterocycles. The summed E-state index contributed by atoms with van der Waals surface area (Å²) in [5.74, 6) is 1.27. The molecule has 0 spiro atoms. The molecule has 1 fully saturated rings. The van der Waals surface area contributed by atoms with Crippen LogP contribution in [-0.4, -0.2) is 36.7 Å². The highest BCUT2D eigenvalue weighted by atomic mass is 32.2. The summed E-state index contributed by atoms with van der Waals surface area (Å²) in [6, 6.07) is 14.5. The lowest BCUT2D eigenvalue weighted by Crippen LogP contribution is -2.28. The van der Waals surface area contributed by atoms with E-state index >= 15 is 0 Å². The minimum Gasteiger partial charge on any atom is -0.351 e. The zero-order valence-electron chi connectivity index (χ0n) is 15.0. The number of urea groups is 1. The summed E-state index contributed by atoms with van der Waals surface area (Å²) in [4.78, 5) is 36.4. The summed E-state index contributed by atoms with van der Waals surface area (Å²) in [6.07, 6.45) is 0. The first-order valence-corrected chi connectivity index (χ1v) is 9.82. The molecule has 0 radical (unpaired) electrons. The van der Waals surface area contributed by atoms with E-state index in [1.807, 2.05) is 12.1 Å². The van der Waals surface area contributed by atoms with Gasteiger partial charge in [0.2, 0.25) is 5.91 Å². The van der Waals surface area contributed by atoms with Crippen LogP contribution in [0.3, 0.4) is 0 Å². The molecule has 1 saturated heterocycles. The second-order valence-electron chi connectivity index (χ2n) is 6.22. The minimum atomic E-state index is -0.442. The fourth-order valence-corrected chi connectivity index (χ4v) is 3.67. The maximum Gasteiger partial charge on any atom is 0.329 e. The van der Waals surface area contributed by atoms with Gasteiger partial charge in [0, 0.05) is 29.3 Å². The Hall–Kier alpha value is -2.80. The predicted octanol–water partition coefficient (Wildman–Crippen LogP) is 2.71. The fourth-order valence-electron chi connectivity index (χ4n) is 2.74. The zero-order chi connectivity index (χ0) is 19.2. The molecule has 1 aliphatic rings. The van der Waals surface area contributed by atoms with Gasteiger partial charge in [0.1, 0.15) is 6.54 Å². The maximum absolute atomic E-state index is 12.2. The van der Waals surface area contributed by atoms with E-state index in [1.54, 1.807) is 36.0 Å². The number of carbonyl (C=O) groups excluding carboxylic acids is 3. The van der Waals surface area contributed by atoms with Gasteiger partial charge in [0.05, 0.1) is 0 Å². The molecular formula is C20H21N3O3S. The van der Waals surface area contributed by atoms with Crippen molar-refractivity contribution in [3.63, 3.8) is 0 Å². The minimum absolute atomic E-state index is 0.00247. The molecule has 140 valence electrons. The highest BCUT2D eigenvalue weighted by molar-refractivity contribution is 7.98. The molecule has 3 rings (SSSR count). The van der Waals surface area contributed by atoms with Crippen LogP contribution in [0.25, 0.3) is 0 Å². The topological polar surface area (TPSA) is 78.5 Å². The first kappa shape index (κ1) is 19.0. The molecule has 1 aliphatic heterocycles. The monoisotopic (exact) mass is 383 g/mol. The van der Waals surface area contributed by atoms with Crippen LogP contribution in [0.4, 0.5) is 10.5 Å². The van der Waals surface area contributed by atoms with Crippen molar-refractivity contribution in [3.05, 3.63) is 65.2 Å². The molecule has 0 aromatic heterocycles. The van der Waals surface area contributed by atoms with Crippen LogP contribution in [0.5, 0.6) is 0 Å². The van der Waals surface area contributed by atoms with Gasteiger partial charge in [-0.2, -0.15) is 11.8 Å². The maximum atomic E-state index is 12.2. The molecule has 6 nitrogen and oxygen atoms in total.